The van der Waals surface area contributed by atoms with Gasteiger partial charge in [-0.25, -0.2) is 4.98 Å². The molecule has 3 heterocycles. The van der Waals surface area contributed by atoms with E-state index in [0.717, 1.165) is 30.0 Å². The van der Waals surface area contributed by atoms with Gasteiger partial charge in [0.1, 0.15) is 5.82 Å². The van der Waals surface area contributed by atoms with Gasteiger partial charge in [-0.1, -0.05) is 0 Å². The van der Waals surface area contributed by atoms with E-state index < -0.39 is 0 Å². The number of hydrogen-bond donors (Lipinski definition) is 1. The van der Waals surface area contributed by atoms with Crippen LogP contribution in [0.2, 0.25) is 0 Å². The van der Waals surface area contributed by atoms with Crippen molar-refractivity contribution in [1.29, 1.82) is 0 Å². The Balaban J connectivity index is 2.04. The molecule has 0 radical (unpaired) electrons. The largest absolute Gasteiger partial charge is 0.378 e. The average Bonchev–Trinajstić information content (AvgIpc) is 2.49. The SMILES string of the molecule is Nc1ncc(-c2ccncc2)c(N2CCOCC2)n1. The monoisotopic (exact) mass is 257 g/mol. The van der Waals surface area contributed by atoms with Crippen molar-refractivity contribution in [2.45, 2.75) is 0 Å². The van der Waals surface area contributed by atoms with Gasteiger partial charge < -0.3 is 15.4 Å². The first-order valence-corrected chi connectivity index (χ1v) is 6.20. The molecule has 0 unspecified atom stereocenters. The molecule has 0 aromatic carbocycles. The van der Waals surface area contributed by atoms with Crippen molar-refractivity contribution in [2.24, 2.45) is 0 Å². The molecular formula is C13H15N5O. The Labute approximate surface area is 111 Å². The number of nitrogens with zero attached hydrogens (tertiary/aromatic N) is 4. The minimum Gasteiger partial charge on any atom is -0.378 e. The summed E-state index contributed by atoms with van der Waals surface area (Å²) in [6.07, 6.45) is 5.28. The summed E-state index contributed by atoms with van der Waals surface area (Å²) in [5, 5.41) is 0. The van der Waals surface area contributed by atoms with Gasteiger partial charge in [-0.2, -0.15) is 4.98 Å². The van der Waals surface area contributed by atoms with Crippen LogP contribution < -0.4 is 10.6 Å². The smallest absolute Gasteiger partial charge is 0.221 e. The highest BCUT2D eigenvalue weighted by Gasteiger charge is 2.18. The van der Waals surface area contributed by atoms with Gasteiger partial charge in [0.25, 0.3) is 0 Å². The molecule has 6 nitrogen and oxygen atoms in total. The number of pyridine rings is 1. The van der Waals surface area contributed by atoms with Gasteiger partial charge in [0.2, 0.25) is 5.95 Å². The Morgan fingerprint density at radius 3 is 2.63 bits per heavy atom. The molecule has 0 amide bonds. The Kier molecular flexibility index (Phi) is 3.24. The second kappa shape index (κ2) is 5.19. The molecule has 2 N–H and O–H groups in total. The number of hydrogen-bond acceptors (Lipinski definition) is 6. The van der Waals surface area contributed by atoms with E-state index in [1.807, 2.05) is 12.1 Å². The number of aromatic nitrogens is 3. The van der Waals surface area contributed by atoms with Crippen LogP contribution in [0.5, 0.6) is 0 Å². The van der Waals surface area contributed by atoms with Crippen LogP contribution in [0.1, 0.15) is 0 Å². The van der Waals surface area contributed by atoms with E-state index in [2.05, 4.69) is 19.9 Å². The molecule has 2 aromatic heterocycles. The highest BCUT2D eigenvalue weighted by Crippen LogP contribution is 2.29. The van der Waals surface area contributed by atoms with Crippen LogP contribution in [0.25, 0.3) is 11.1 Å². The lowest BCUT2D eigenvalue weighted by atomic mass is 10.1. The van der Waals surface area contributed by atoms with Crippen LogP contribution in [0.15, 0.2) is 30.7 Å². The Morgan fingerprint density at radius 2 is 1.89 bits per heavy atom. The summed E-state index contributed by atoms with van der Waals surface area (Å²) in [6.45, 7) is 3.04. The summed E-state index contributed by atoms with van der Waals surface area (Å²) >= 11 is 0. The maximum atomic E-state index is 5.72. The molecule has 1 saturated heterocycles. The fraction of sp³-hybridized carbons (Fsp3) is 0.308. The van der Waals surface area contributed by atoms with Gasteiger partial charge >= 0.3 is 0 Å². The third kappa shape index (κ3) is 2.48. The average molecular weight is 257 g/mol. The van der Waals surface area contributed by atoms with E-state index in [4.69, 9.17) is 10.5 Å². The number of morpholine rings is 1. The Bertz CT molecular complexity index is 554. The van der Waals surface area contributed by atoms with E-state index >= 15 is 0 Å². The molecular weight excluding hydrogens is 242 g/mol. The summed E-state index contributed by atoms with van der Waals surface area (Å²) in [5.41, 5.74) is 7.73. The molecule has 1 aliphatic rings. The summed E-state index contributed by atoms with van der Waals surface area (Å²) in [4.78, 5) is 14.7. The zero-order chi connectivity index (χ0) is 13.1. The number of anilines is 2. The van der Waals surface area contributed by atoms with Gasteiger partial charge in [0.05, 0.1) is 13.2 Å². The fourth-order valence-electron chi connectivity index (χ4n) is 2.14. The number of nitrogen functional groups attached to an aromatic ring is 1. The van der Waals surface area contributed by atoms with Crippen molar-refractivity contribution in [3.63, 3.8) is 0 Å². The van der Waals surface area contributed by atoms with E-state index in [0.29, 0.717) is 19.2 Å². The first-order valence-electron chi connectivity index (χ1n) is 6.20. The molecule has 0 spiro atoms. The van der Waals surface area contributed by atoms with Gasteiger partial charge in [-0.3, -0.25) is 4.98 Å². The van der Waals surface area contributed by atoms with Gasteiger partial charge in [-0.15, -0.1) is 0 Å². The quantitative estimate of drug-likeness (QED) is 0.863. The van der Waals surface area contributed by atoms with Gasteiger partial charge in [0.15, 0.2) is 0 Å². The first-order chi connectivity index (χ1) is 9.34. The maximum Gasteiger partial charge on any atom is 0.221 e. The summed E-state index contributed by atoms with van der Waals surface area (Å²) < 4.78 is 5.37. The highest BCUT2D eigenvalue weighted by atomic mass is 16.5. The lowest BCUT2D eigenvalue weighted by molar-refractivity contribution is 0.122. The van der Waals surface area contributed by atoms with Gasteiger partial charge in [0, 0.05) is 37.2 Å². The molecule has 0 atom stereocenters. The van der Waals surface area contributed by atoms with Crippen molar-refractivity contribution >= 4 is 11.8 Å². The van der Waals surface area contributed by atoms with Crippen molar-refractivity contribution in [2.75, 3.05) is 36.9 Å². The van der Waals surface area contributed by atoms with Crippen LogP contribution in [0.4, 0.5) is 11.8 Å². The number of ether oxygens (including phenoxy) is 1. The van der Waals surface area contributed by atoms with Crippen LogP contribution in [-0.4, -0.2) is 41.3 Å². The minimum absolute atomic E-state index is 0.291. The fourth-order valence-corrected chi connectivity index (χ4v) is 2.14. The second-order valence-corrected chi connectivity index (χ2v) is 4.30. The van der Waals surface area contributed by atoms with E-state index in [1.54, 1.807) is 18.6 Å². The summed E-state index contributed by atoms with van der Waals surface area (Å²) in [6, 6.07) is 3.89. The molecule has 6 heteroatoms. The number of rotatable bonds is 2. The molecule has 2 aromatic rings. The number of nitrogens with two attached hydrogens (primary N) is 1. The van der Waals surface area contributed by atoms with Crippen molar-refractivity contribution in [1.82, 2.24) is 15.0 Å². The lowest BCUT2D eigenvalue weighted by Crippen LogP contribution is -2.37. The zero-order valence-electron chi connectivity index (χ0n) is 10.5. The molecule has 98 valence electrons. The van der Waals surface area contributed by atoms with E-state index in [9.17, 15) is 0 Å². The predicted octanol–water partition coefficient (Wildman–Crippen LogP) is 0.957. The molecule has 19 heavy (non-hydrogen) atoms. The summed E-state index contributed by atoms with van der Waals surface area (Å²) in [5.74, 6) is 1.15. The van der Waals surface area contributed by atoms with Crippen LogP contribution in [0, 0.1) is 0 Å². The molecule has 0 aliphatic carbocycles. The van der Waals surface area contributed by atoms with Crippen LogP contribution in [-0.2, 0) is 4.74 Å². The van der Waals surface area contributed by atoms with Crippen molar-refractivity contribution in [3.8, 4) is 11.1 Å². The lowest BCUT2D eigenvalue weighted by Gasteiger charge is -2.29. The maximum absolute atomic E-state index is 5.72. The van der Waals surface area contributed by atoms with Crippen molar-refractivity contribution < 1.29 is 4.74 Å². The Hall–Kier alpha value is -2.21. The van der Waals surface area contributed by atoms with E-state index in [1.165, 1.54) is 0 Å². The molecule has 0 saturated carbocycles. The molecule has 1 aliphatic heterocycles. The standard InChI is InChI=1S/C13H15N5O/c14-13-16-9-11(10-1-3-15-4-2-10)12(17-13)18-5-7-19-8-6-18/h1-4,9H,5-8H2,(H2,14,16,17). The molecule has 0 bridgehead atoms. The molecule has 3 rings (SSSR count). The minimum atomic E-state index is 0.291. The van der Waals surface area contributed by atoms with E-state index in [-0.39, 0.29) is 0 Å². The summed E-state index contributed by atoms with van der Waals surface area (Å²) in [7, 11) is 0. The van der Waals surface area contributed by atoms with Gasteiger partial charge in [-0.05, 0) is 17.7 Å². The third-order valence-electron chi connectivity index (χ3n) is 3.09. The third-order valence-corrected chi connectivity index (χ3v) is 3.09. The van der Waals surface area contributed by atoms with Crippen LogP contribution in [0.3, 0.4) is 0 Å². The zero-order valence-corrected chi connectivity index (χ0v) is 10.5. The molecule has 1 fully saturated rings. The topological polar surface area (TPSA) is 77.2 Å². The highest BCUT2D eigenvalue weighted by molar-refractivity contribution is 5.75. The second-order valence-electron chi connectivity index (χ2n) is 4.30. The Morgan fingerprint density at radius 1 is 1.16 bits per heavy atom. The first kappa shape index (κ1) is 11.9. The predicted molar refractivity (Wildman–Crippen MR) is 72.7 cm³/mol. The normalized spacial score (nSPS) is 15.5. The van der Waals surface area contributed by atoms with Crippen molar-refractivity contribution in [3.05, 3.63) is 30.7 Å². The van der Waals surface area contributed by atoms with Crippen LogP contribution >= 0.6 is 0 Å².